The molecule has 1 aliphatic rings. The summed E-state index contributed by atoms with van der Waals surface area (Å²) < 4.78 is 0. The van der Waals surface area contributed by atoms with Gasteiger partial charge in [0, 0.05) is 38.4 Å². The molecule has 1 heterocycles. The maximum absolute atomic E-state index is 12.3. The molecular weight excluding hydrogens is 340 g/mol. The number of anilines is 1. The van der Waals surface area contributed by atoms with Crippen molar-refractivity contribution in [3.05, 3.63) is 29.8 Å². The molecule has 1 aliphatic heterocycles. The Hall–Kier alpha value is -1.92. The molecule has 2 amide bonds. The Bertz CT molecular complexity index is 598. The molecule has 1 aromatic carbocycles. The van der Waals surface area contributed by atoms with Crippen LogP contribution in [-0.2, 0) is 16.0 Å². The van der Waals surface area contributed by atoms with Gasteiger partial charge in [0.2, 0.25) is 11.8 Å². The monoisotopic (exact) mass is 374 g/mol. The fourth-order valence-corrected chi connectivity index (χ4v) is 3.31. The lowest BCUT2D eigenvalue weighted by atomic mass is 10.1. The number of para-hydroxylation sites is 1. The molecule has 150 valence electrons. The molecule has 0 spiro atoms. The van der Waals surface area contributed by atoms with Crippen LogP contribution in [-0.4, -0.2) is 67.4 Å². The molecule has 1 fully saturated rings. The lowest BCUT2D eigenvalue weighted by Gasteiger charge is -2.33. The van der Waals surface area contributed by atoms with E-state index in [0.717, 1.165) is 69.7 Å². The Morgan fingerprint density at radius 1 is 0.926 bits per heavy atom. The van der Waals surface area contributed by atoms with Gasteiger partial charge in [-0.25, -0.2) is 0 Å². The number of unbranched alkanes of at least 4 members (excludes halogenated alkanes) is 2. The minimum absolute atomic E-state index is 0.0259. The van der Waals surface area contributed by atoms with Crippen LogP contribution < -0.4 is 10.6 Å². The maximum atomic E-state index is 12.3. The predicted molar refractivity (Wildman–Crippen MR) is 110 cm³/mol. The number of hydrogen-bond acceptors (Lipinski definition) is 4. The number of benzene rings is 1. The van der Waals surface area contributed by atoms with Crippen LogP contribution in [0, 0.1) is 0 Å². The summed E-state index contributed by atoms with van der Waals surface area (Å²) in [7, 11) is 0. The summed E-state index contributed by atoms with van der Waals surface area (Å²) in [6, 6.07) is 7.93. The van der Waals surface area contributed by atoms with E-state index in [2.05, 4.69) is 34.3 Å². The smallest absolute Gasteiger partial charge is 0.238 e. The van der Waals surface area contributed by atoms with E-state index in [1.807, 2.05) is 24.3 Å². The predicted octanol–water partition coefficient (Wildman–Crippen LogP) is 2.11. The molecule has 0 bridgehead atoms. The van der Waals surface area contributed by atoms with Crippen molar-refractivity contribution in [2.45, 2.75) is 39.5 Å². The van der Waals surface area contributed by atoms with Crippen molar-refractivity contribution in [1.29, 1.82) is 0 Å². The van der Waals surface area contributed by atoms with E-state index >= 15 is 0 Å². The number of nitrogens with one attached hydrogen (secondary N) is 2. The molecule has 0 unspecified atom stereocenters. The first-order valence-corrected chi connectivity index (χ1v) is 10.2. The minimum atomic E-state index is 0.0259. The van der Waals surface area contributed by atoms with Gasteiger partial charge in [0.15, 0.2) is 0 Å². The van der Waals surface area contributed by atoms with Gasteiger partial charge in [-0.15, -0.1) is 0 Å². The van der Waals surface area contributed by atoms with Gasteiger partial charge in [0.1, 0.15) is 0 Å². The normalized spacial score (nSPS) is 15.5. The van der Waals surface area contributed by atoms with Crippen LogP contribution in [0.2, 0.25) is 0 Å². The third-order valence-electron chi connectivity index (χ3n) is 4.97. The average Bonchev–Trinajstić information content (AvgIpc) is 2.67. The highest BCUT2D eigenvalue weighted by Crippen LogP contribution is 2.15. The molecule has 0 aliphatic carbocycles. The summed E-state index contributed by atoms with van der Waals surface area (Å²) in [5, 5.41) is 6.02. The van der Waals surface area contributed by atoms with Crippen LogP contribution >= 0.6 is 0 Å². The SMILES string of the molecule is CCCCCNC(=O)CN1CCN(CC(=O)Nc2ccccc2CC)CC1. The van der Waals surface area contributed by atoms with Crippen molar-refractivity contribution < 1.29 is 9.59 Å². The summed E-state index contributed by atoms with van der Waals surface area (Å²) in [4.78, 5) is 28.6. The van der Waals surface area contributed by atoms with E-state index in [1.165, 1.54) is 0 Å². The molecule has 2 N–H and O–H groups in total. The average molecular weight is 375 g/mol. The third kappa shape index (κ3) is 7.69. The molecule has 27 heavy (non-hydrogen) atoms. The van der Waals surface area contributed by atoms with Gasteiger partial charge in [-0.3, -0.25) is 19.4 Å². The summed E-state index contributed by atoms with van der Waals surface area (Å²) in [5.74, 6) is 0.131. The molecule has 0 aromatic heterocycles. The Morgan fingerprint density at radius 3 is 2.19 bits per heavy atom. The van der Waals surface area contributed by atoms with E-state index in [1.54, 1.807) is 0 Å². The van der Waals surface area contributed by atoms with E-state index in [0.29, 0.717) is 13.1 Å². The second-order valence-corrected chi connectivity index (χ2v) is 7.17. The van der Waals surface area contributed by atoms with Crippen molar-refractivity contribution in [1.82, 2.24) is 15.1 Å². The lowest BCUT2D eigenvalue weighted by Crippen LogP contribution is -2.51. The first-order chi connectivity index (χ1) is 13.1. The molecular formula is C21H34N4O2. The van der Waals surface area contributed by atoms with Crippen LogP contribution in [0.5, 0.6) is 0 Å². The van der Waals surface area contributed by atoms with Crippen molar-refractivity contribution in [3.63, 3.8) is 0 Å². The number of rotatable bonds is 10. The zero-order valence-electron chi connectivity index (χ0n) is 16.8. The van der Waals surface area contributed by atoms with Crippen molar-refractivity contribution >= 4 is 17.5 Å². The standard InChI is InChI=1S/C21H34N4O2/c1-3-5-8-11-22-20(26)16-24-12-14-25(15-13-24)17-21(27)23-19-10-7-6-9-18(19)4-2/h6-7,9-10H,3-5,8,11-17H2,1-2H3,(H,22,26)(H,23,27). The zero-order chi connectivity index (χ0) is 19.5. The molecule has 6 nitrogen and oxygen atoms in total. The van der Waals surface area contributed by atoms with Gasteiger partial charge in [0.25, 0.3) is 0 Å². The minimum Gasteiger partial charge on any atom is -0.355 e. The first kappa shape index (κ1) is 21.4. The number of piperazine rings is 1. The highest BCUT2D eigenvalue weighted by molar-refractivity contribution is 5.93. The number of carbonyl (C=O) groups excluding carboxylic acids is 2. The van der Waals surface area contributed by atoms with E-state index < -0.39 is 0 Å². The molecule has 6 heteroatoms. The van der Waals surface area contributed by atoms with Crippen LogP contribution in [0.1, 0.15) is 38.7 Å². The number of amides is 2. The zero-order valence-corrected chi connectivity index (χ0v) is 16.8. The maximum Gasteiger partial charge on any atom is 0.238 e. The highest BCUT2D eigenvalue weighted by atomic mass is 16.2. The van der Waals surface area contributed by atoms with Gasteiger partial charge < -0.3 is 10.6 Å². The van der Waals surface area contributed by atoms with Gasteiger partial charge in [-0.1, -0.05) is 44.9 Å². The van der Waals surface area contributed by atoms with Crippen molar-refractivity contribution in [2.75, 3.05) is 51.1 Å². The fraction of sp³-hybridized carbons (Fsp3) is 0.619. The molecule has 0 saturated carbocycles. The van der Waals surface area contributed by atoms with Crippen LogP contribution in [0.15, 0.2) is 24.3 Å². The van der Waals surface area contributed by atoms with E-state index in [9.17, 15) is 9.59 Å². The summed E-state index contributed by atoms with van der Waals surface area (Å²) >= 11 is 0. The Kier molecular flexibility index (Phi) is 9.28. The second kappa shape index (κ2) is 11.7. The second-order valence-electron chi connectivity index (χ2n) is 7.17. The van der Waals surface area contributed by atoms with Crippen LogP contribution in [0.25, 0.3) is 0 Å². The number of carbonyl (C=O) groups is 2. The van der Waals surface area contributed by atoms with Gasteiger partial charge >= 0.3 is 0 Å². The largest absolute Gasteiger partial charge is 0.355 e. The van der Waals surface area contributed by atoms with Gasteiger partial charge in [-0.2, -0.15) is 0 Å². The Morgan fingerprint density at radius 2 is 1.56 bits per heavy atom. The topological polar surface area (TPSA) is 64.7 Å². The Balaban J connectivity index is 1.66. The molecule has 0 radical (unpaired) electrons. The molecule has 2 rings (SSSR count). The third-order valence-corrected chi connectivity index (χ3v) is 4.97. The molecule has 1 saturated heterocycles. The highest BCUT2D eigenvalue weighted by Gasteiger charge is 2.20. The van der Waals surface area contributed by atoms with Gasteiger partial charge in [0.05, 0.1) is 13.1 Å². The van der Waals surface area contributed by atoms with Crippen molar-refractivity contribution in [2.24, 2.45) is 0 Å². The first-order valence-electron chi connectivity index (χ1n) is 10.2. The fourth-order valence-electron chi connectivity index (χ4n) is 3.31. The van der Waals surface area contributed by atoms with Crippen molar-refractivity contribution in [3.8, 4) is 0 Å². The van der Waals surface area contributed by atoms with E-state index in [4.69, 9.17) is 0 Å². The molecule has 1 aromatic rings. The lowest BCUT2D eigenvalue weighted by molar-refractivity contribution is -0.123. The molecule has 0 atom stereocenters. The van der Waals surface area contributed by atoms with Crippen LogP contribution in [0.4, 0.5) is 5.69 Å². The number of nitrogens with zero attached hydrogens (tertiary/aromatic N) is 2. The summed E-state index contributed by atoms with van der Waals surface area (Å²) in [5.41, 5.74) is 2.06. The number of aryl methyl sites for hydroxylation is 1. The van der Waals surface area contributed by atoms with Gasteiger partial charge in [-0.05, 0) is 24.5 Å². The Labute approximate surface area is 163 Å². The van der Waals surface area contributed by atoms with Crippen LogP contribution in [0.3, 0.4) is 0 Å². The number of hydrogen-bond donors (Lipinski definition) is 2. The summed E-state index contributed by atoms with van der Waals surface area (Å²) in [6.07, 6.45) is 4.26. The quantitative estimate of drug-likeness (QED) is 0.616. The summed E-state index contributed by atoms with van der Waals surface area (Å²) in [6.45, 7) is 9.13. The van der Waals surface area contributed by atoms with E-state index in [-0.39, 0.29) is 11.8 Å².